The van der Waals surface area contributed by atoms with Gasteiger partial charge >= 0.3 is 18.0 Å². The van der Waals surface area contributed by atoms with Crippen LogP contribution in [0.2, 0.25) is 0 Å². The molecule has 50 heavy (non-hydrogen) atoms. The van der Waals surface area contributed by atoms with Crippen LogP contribution in [0.25, 0.3) is 16.8 Å². The Balaban J connectivity index is 1.75. The summed E-state index contributed by atoms with van der Waals surface area (Å²) in [7, 11) is -4.45. The summed E-state index contributed by atoms with van der Waals surface area (Å²) in [5.41, 5.74) is -3.02. The van der Waals surface area contributed by atoms with E-state index in [9.17, 15) is 31.2 Å². The monoisotopic (exact) mass is 735 g/mol. The third-order valence-corrected chi connectivity index (χ3v) is 9.08. The molecule has 268 valence electrons. The third kappa shape index (κ3) is 9.15. The molecule has 0 radical (unpaired) electrons. The number of thiocarbonyl (C=S) groups is 1. The minimum Gasteiger partial charge on any atom is -0.443 e. The Kier molecular flexibility index (Phi) is 11.6. The van der Waals surface area contributed by atoms with Gasteiger partial charge in [-0.25, -0.2) is 27.1 Å². The number of hydrogen-bond acceptors (Lipinski definition) is 7. The highest BCUT2D eigenvalue weighted by atomic mass is 32.2. The second-order valence-electron chi connectivity index (χ2n) is 12.3. The number of halogens is 4. The first-order valence-corrected chi connectivity index (χ1v) is 17.6. The average Bonchev–Trinajstić information content (AvgIpc) is 3.33. The molecule has 3 aromatic carbocycles. The number of carbonyl (C=O) groups excluding carboxylic acids is 1. The smallest absolute Gasteiger partial charge is 0.421 e. The summed E-state index contributed by atoms with van der Waals surface area (Å²) in [5, 5.41) is 7.13. The number of unbranched alkanes of at least 4 members (excludes halogenated alkanes) is 1. The van der Waals surface area contributed by atoms with Crippen LogP contribution < -0.4 is 15.7 Å². The van der Waals surface area contributed by atoms with Crippen LogP contribution in [0.1, 0.15) is 70.8 Å². The first kappa shape index (κ1) is 38.2. The largest absolute Gasteiger partial charge is 0.443 e. The molecule has 2 N–H and O–H groups in total. The van der Waals surface area contributed by atoms with Crippen LogP contribution in [0.5, 0.6) is 0 Å². The van der Waals surface area contributed by atoms with E-state index in [0.29, 0.717) is 28.9 Å². The van der Waals surface area contributed by atoms with Gasteiger partial charge in [-0.15, -0.1) is 5.10 Å². The van der Waals surface area contributed by atoms with Crippen molar-refractivity contribution in [3.05, 3.63) is 93.9 Å². The number of hydrogen-bond donors (Lipinski definition) is 2. The quantitative estimate of drug-likeness (QED) is 0.119. The van der Waals surface area contributed by atoms with Gasteiger partial charge in [-0.2, -0.15) is 17.9 Å². The molecule has 1 heterocycles. The first-order chi connectivity index (χ1) is 23.3. The molecule has 0 bridgehead atoms. The zero-order valence-corrected chi connectivity index (χ0v) is 29.7. The summed E-state index contributed by atoms with van der Waals surface area (Å²) >= 11 is 5.18. The Labute approximate surface area is 292 Å². The lowest BCUT2D eigenvalue weighted by Gasteiger charge is -2.20. The van der Waals surface area contributed by atoms with E-state index in [-0.39, 0.29) is 46.1 Å². The van der Waals surface area contributed by atoms with Gasteiger partial charge in [-0.05, 0) is 69.5 Å². The molecule has 16 heteroatoms. The fraction of sp³-hybridized carbons (Fsp3) is 0.353. The van der Waals surface area contributed by atoms with Crippen molar-refractivity contribution in [3.8, 4) is 16.8 Å². The minimum absolute atomic E-state index is 0.000114. The number of sulfonamides is 1. The molecule has 0 spiro atoms. The minimum atomic E-state index is -4.82. The molecular weight excluding hydrogens is 699 g/mol. The number of rotatable bonds is 11. The number of ether oxygens (including phenoxy) is 1. The molecule has 0 aliphatic heterocycles. The van der Waals surface area contributed by atoms with Crippen LogP contribution in [0.15, 0.2) is 70.4 Å². The number of carbonyl (C=O) groups is 1. The molecule has 0 fully saturated rings. The Bertz CT molecular complexity index is 2070. The number of aromatic nitrogens is 3. The molecule has 0 aliphatic rings. The Morgan fingerprint density at radius 3 is 2.34 bits per heavy atom. The molecular formula is C34H37F4N5O5S2. The van der Waals surface area contributed by atoms with Gasteiger partial charge in [0.25, 0.3) is 10.0 Å². The van der Waals surface area contributed by atoms with E-state index in [4.69, 9.17) is 17.0 Å². The van der Waals surface area contributed by atoms with Crippen LogP contribution in [-0.4, -0.2) is 39.4 Å². The summed E-state index contributed by atoms with van der Waals surface area (Å²) in [4.78, 5) is 26.1. The van der Waals surface area contributed by atoms with Gasteiger partial charge in [0.2, 0.25) is 0 Å². The van der Waals surface area contributed by atoms with Crippen molar-refractivity contribution < 1.29 is 35.5 Å². The number of benzene rings is 3. The van der Waals surface area contributed by atoms with Crippen molar-refractivity contribution in [2.45, 2.75) is 83.5 Å². The van der Waals surface area contributed by atoms with Crippen LogP contribution >= 0.6 is 12.2 Å². The van der Waals surface area contributed by atoms with E-state index in [1.807, 2.05) is 11.6 Å². The summed E-state index contributed by atoms with van der Waals surface area (Å²) in [5.74, 6) is -0.660. The predicted octanol–water partition coefficient (Wildman–Crippen LogP) is 7.61. The molecule has 1 aromatic heterocycles. The van der Waals surface area contributed by atoms with Crippen molar-refractivity contribution in [1.29, 1.82) is 0 Å². The highest BCUT2D eigenvalue weighted by Gasteiger charge is 2.35. The van der Waals surface area contributed by atoms with Crippen LogP contribution in [-0.2, 0) is 33.9 Å². The lowest BCUT2D eigenvalue weighted by Crippen LogP contribution is -2.36. The topological polar surface area (TPSA) is 124 Å². The lowest BCUT2D eigenvalue weighted by atomic mass is 10.0. The summed E-state index contributed by atoms with van der Waals surface area (Å²) in [6, 6.07) is 12.7. The van der Waals surface area contributed by atoms with E-state index in [1.165, 1.54) is 42.5 Å². The van der Waals surface area contributed by atoms with Gasteiger partial charge in [0.1, 0.15) is 17.2 Å². The molecule has 0 atom stereocenters. The fourth-order valence-electron chi connectivity index (χ4n) is 4.96. The molecule has 1 amide bonds. The molecule has 0 saturated heterocycles. The van der Waals surface area contributed by atoms with Crippen molar-refractivity contribution in [2.75, 3.05) is 5.32 Å². The molecule has 10 nitrogen and oxygen atoms in total. The standard InChI is InChI=1S/C34H37F4N5O5S2/c1-6-8-13-29-40-43(27-19-23(39-30(49)7-2)16-17-25(27)34(36,37)38)32(45)42(29)20-22-15-14-21(18-26(22)35)24-11-9-10-12-28(24)50(46,47)41-31(44)48-33(3,4)5/h9-12,14-19H,6-8,13,20H2,1-5H3,(H,39,49)(H,41,44). The van der Waals surface area contributed by atoms with Crippen molar-refractivity contribution in [3.63, 3.8) is 0 Å². The van der Waals surface area contributed by atoms with E-state index >= 15 is 4.39 Å². The number of nitrogens with one attached hydrogen (secondary N) is 2. The van der Waals surface area contributed by atoms with Crippen molar-refractivity contribution in [2.24, 2.45) is 0 Å². The summed E-state index contributed by atoms with van der Waals surface area (Å²) < 4.78 is 93.2. The SMILES string of the molecule is CCCCc1nn(-c2cc(NC(=S)CC)ccc2C(F)(F)F)c(=O)n1Cc1ccc(-c2ccccc2S(=O)(=O)NC(=O)OC(C)(C)C)cc1F. The summed E-state index contributed by atoms with van der Waals surface area (Å²) in [6.07, 6.45) is -4.09. The number of nitrogens with zero attached hydrogens (tertiary/aromatic N) is 3. The Hall–Kier alpha value is -4.57. The zero-order valence-electron chi connectivity index (χ0n) is 28.0. The van der Waals surface area contributed by atoms with Gasteiger partial charge in [-0.1, -0.05) is 62.8 Å². The average molecular weight is 736 g/mol. The number of aryl methyl sites for hydroxylation is 1. The molecule has 0 aliphatic carbocycles. The Morgan fingerprint density at radius 1 is 1.02 bits per heavy atom. The number of alkyl halides is 3. The number of amides is 1. The summed E-state index contributed by atoms with van der Waals surface area (Å²) in [6.45, 7) is 8.02. The second kappa shape index (κ2) is 15.1. The van der Waals surface area contributed by atoms with Crippen molar-refractivity contribution >= 4 is 39.0 Å². The van der Waals surface area contributed by atoms with Crippen molar-refractivity contribution in [1.82, 2.24) is 19.1 Å². The van der Waals surface area contributed by atoms with Gasteiger partial charge < -0.3 is 10.1 Å². The first-order valence-electron chi connectivity index (χ1n) is 15.7. The maximum Gasteiger partial charge on any atom is 0.421 e. The molecule has 4 aromatic rings. The maximum atomic E-state index is 15.8. The highest BCUT2D eigenvalue weighted by molar-refractivity contribution is 7.90. The predicted molar refractivity (Wildman–Crippen MR) is 185 cm³/mol. The van der Waals surface area contributed by atoms with E-state index < -0.39 is 50.7 Å². The zero-order chi connectivity index (χ0) is 37.0. The van der Waals surface area contributed by atoms with Gasteiger partial charge in [0.15, 0.2) is 0 Å². The van der Waals surface area contributed by atoms with Crippen LogP contribution in [0.4, 0.5) is 28.0 Å². The van der Waals surface area contributed by atoms with E-state index in [0.717, 1.165) is 22.8 Å². The Morgan fingerprint density at radius 2 is 1.72 bits per heavy atom. The third-order valence-electron chi connectivity index (χ3n) is 7.31. The highest BCUT2D eigenvalue weighted by Crippen LogP contribution is 2.35. The fourth-order valence-corrected chi connectivity index (χ4v) is 6.18. The normalized spacial score (nSPS) is 12.1. The number of anilines is 1. The van der Waals surface area contributed by atoms with E-state index in [2.05, 4.69) is 10.4 Å². The van der Waals surface area contributed by atoms with E-state index in [1.54, 1.807) is 27.7 Å². The van der Waals surface area contributed by atoms with Gasteiger partial charge in [0, 0.05) is 23.2 Å². The molecule has 0 unspecified atom stereocenters. The van der Waals surface area contributed by atoms with Crippen LogP contribution in [0.3, 0.4) is 0 Å². The molecule has 0 saturated carbocycles. The van der Waals surface area contributed by atoms with Gasteiger partial charge in [0.05, 0.1) is 27.7 Å². The van der Waals surface area contributed by atoms with Crippen LogP contribution in [0, 0.1) is 5.82 Å². The second-order valence-corrected chi connectivity index (χ2v) is 14.5. The maximum absolute atomic E-state index is 15.8. The molecule has 4 rings (SSSR count). The van der Waals surface area contributed by atoms with Gasteiger partial charge in [-0.3, -0.25) is 4.57 Å². The lowest BCUT2D eigenvalue weighted by molar-refractivity contribution is -0.137.